The van der Waals surface area contributed by atoms with Gasteiger partial charge in [-0.2, -0.15) is 13.2 Å². The van der Waals surface area contributed by atoms with Gasteiger partial charge < -0.3 is 10.4 Å². The van der Waals surface area contributed by atoms with Crippen LogP contribution in [0.5, 0.6) is 0 Å². The van der Waals surface area contributed by atoms with Crippen molar-refractivity contribution in [1.82, 2.24) is 0 Å². The van der Waals surface area contributed by atoms with E-state index in [4.69, 9.17) is 23.2 Å². The van der Waals surface area contributed by atoms with Crippen molar-refractivity contribution in [1.29, 1.82) is 0 Å². The summed E-state index contributed by atoms with van der Waals surface area (Å²) in [5.74, 6) is -5.93. The molecule has 0 bridgehead atoms. The molecule has 1 fully saturated rings. The SMILES string of the molecule is CCC(c1ccc(Cl)c(NC(=O)[C@H](C2C=CC(Cl)=CC2)[C@@H](C)C(F)(F)F)c1)C1(C(=O)O)CC1. The van der Waals surface area contributed by atoms with E-state index in [1.807, 2.05) is 6.92 Å². The minimum absolute atomic E-state index is 0.169. The van der Waals surface area contributed by atoms with Crippen LogP contribution in [0.4, 0.5) is 18.9 Å². The Kier molecular flexibility index (Phi) is 7.54. The molecule has 180 valence electrons. The number of amides is 1. The zero-order valence-electron chi connectivity index (χ0n) is 18.3. The number of anilines is 1. The van der Waals surface area contributed by atoms with E-state index in [-0.39, 0.29) is 23.0 Å². The molecule has 33 heavy (non-hydrogen) atoms. The van der Waals surface area contributed by atoms with Crippen LogP contribution in [0.15, 0.2) is 41.5 Å². The van der Waals surface area contributed by atoms with Gasteiger partial charge in [0.25, 0.3) is 0 Å². The van der Waals surface area contributed by atoms with Gasteiger partial charge in [-0.05, 0) is 61.3 Å². The van der Waals surface area contributed by atoms with E-state index < -0.39 is 41.2 Å². The lowest BCUT2D eigenvalue weighted by molar-refractivity contribution is -0.188. The van der Waals surface area contributed by atoms with E-state index in [0.717, 1.165) is 6.92 Å². The molecule has 4 atom stereocenters. The lowest BCUT2D eigenvalue weighted by Crippen LogP contribution is -2.40. The second-order valence-corrected chi connectivity index (χ2v) is 9.70. The highest BCUT2D eigenvalue weighted by Gasteiger charge is 2.55. The Balaban J connectivity index is 1.90. The van der Waals surface area contributed by atoms with Gasteiger partial charge in [-0.15, -0.1) is 0 Å². The summed E-state index contributed by atoms with van der Waals surface area (Å²) < 4.78 is 40.8. The third kappa shape index (κ3) is 5.40. The molecule has 0 aliphatic heterocycles. The summed E-state index contributed by atoms with van der Waals surface area (Å²) in [6.07, 6.45) is 1.94. The molecule has 0 spiro atoms. The lowest BCUT2D eigenvalue weighted by atomic mass is 9.78. The van der Waals surface area contributed by atoms with E-state index in [0.29, 0.717) is 29.9 Å². The Labute approximate surface area is 200 Å². The van der Waals surface area contributed by atoms with Crippen LogP contribution in [-0.4, -0.2) is 23.2 Å². The van der Waals surface area contributed by atoms with Crippen LogP contribution in [0.2, 0.25) is 5.02 Å². The van der Waals surface area contributed by atoms with Gasteiger partial charge in [0.05, 0.1) is 28.0 Å². The maximum Gasteiger partial charge on any atom is 0.392 e. The van der Waals surface area contributed by atoms with Gasteiger partial charge in [-0.3, -0.25) is 9.59 Å². The van der Waals surface area contributed by atoms with Crippen LogP contribution >= 0.6 is 23.2 Å². The number of benzene rings is 1. The van der Waals surface area contributed by atoms with Crippen molar-refractivity contribution < 1.29 is 27.9 Å². The first-order valence-electron chi connectivity index (χ1n) is 10.8. The molecule has 2 aliphatic carbocycles. The number of hydrogen-bond acceptors (Lipinski definition) is 2. The molecule has 2 aliphatic rings. The second kappa shape index (κ2) is 9.71. The molecular formula is C24H26Cl2F3NO3. The Morgan fingerprint density at radius 1 is 1.27 bits per heavy atom. The zero-order valence-corrected chi connectivity index (χ0v) is 19.8. The van der Waals surface area contributed by atoms with Crippen LogP contribution in [0.1, 0.15) is 51.0 Å². The van der Waals surface area contributed by atoms with Crippen LogP contribution in [0, 0.1) is 23.2 Å². The molecule has 3 rings (SSSR count). The van der Waals surface area contributed by atoms with Crippen molar-refractivity contribution in [2.45, 2.75) is 51.6 Å². The van der Waals surface area contributed by atoms with Gasteiger partial charge in [0.15, 0.2) is 0 Å². The molecule has 0 heterocycles. The molecular weight excluding hydrogens is 478 g/mol. The Hall–Kier alpha value is -1.99. The summed E-state index contributed by atoms with van der Waals surface area (Å²) in [7, 11) is 0. The van der Waals surface area contributed by atoms with Crippen molar-refractivity contribution >= 4 is 40.8 Å². The van der Waals surface area contributed by atoms with Gasteiger partial charge in [0.1, 0.15) is 0 Å². The molecule has 0 saturated heterocycles. The largest absolute Gasteiger partial charge is 0.481 e. The number of aliphatic carboxylic acids is 1. The van der Waals surface area contributed by atoms with Crippen LogP contribution in [0.25, 0.3) is 0 Å². The summed E-state index contributed by atoms with van der Waals surface area (Å²) in [4.78, 5) is 25.0. The van der Waals surface area contributed by atoms with Crippen molar-refractivity contribution in [2.24, 2.45) is 23.2 Å². The fourth-order valence-corrected chi connectivity index (χ4v) is 5.06. The average molecular weight is 504 g/mol. The minimum Gasteiger partial charge on any atom is -0.481 e. The number of carbonyl (C=O) groups is 2. The predicted octanol–water partition coefficient (Wildman–Crippen LogP) is 7.15. The normalized spacial score (nSPS) is 22.2. The van der Waals surface area contributed by atoms with Crippen LogP contribution in [-0.2, 0) is 9.59 Å². The molecule has 1 amide bonds. The van der Waals surface area contributed by atoms with E-state index in [1.54, 1.807) is 18.2 Å². The second-order valence-electron chi connectivity index (χ2n) is 8.85. The molecule has 9 heteroatoms. The van der Waals surface area contributed by atoms with Crippen molar-refractivity contribution in [3.8, 4) is 0 Å². The van der Waals surface area contributed by atoms with Gasteiger partial charge >= 0.3 is 12.1 Å². The number of carboxylic acids is 1. The summed E-state index contributed by atoms with van der Waals surface area (Å²) >= 11 is 12.2. The molecule has 1 aromatic carbocycles. The lowest BCUT2D eigenvalue weighted by Gasteiger charge is -2.31. The van der Waals surface area contributed by atoms with Gasteiger partial charge in [-0.25, -0.2) is 0 Å². The molecule has 0 radical (unpaired) electrons. The number of rotatable bonds is 8. The van der Waals surface area contributed by atoms with E-state index in [2.05, 4.69) is 5.32 Å². The third-order valence-electron chi connectivity index (χ3n) is 6.85. The molecule has 2 N–H and O–H groups in total. The zero-order chi connectivity index (χ0) is 24.6. The monoisotopic (exact) mass is 503 g/mol. The Bertz CT molecular complexity index is 986. The van der Waals surface area contributed by atoms with Crippen LogP contribution in [0.3, 0.4) is 0 Å². The number of allylic oxidation sites excluding steroid dienone is 4. The highest BCUT2D eigenvalue weighted by Crippen LogP contribution is 2.58. The maximum atomic E-state index is 13.6. The summed E-state index contributed by atoms with van der Waals surface area (Å²) in [5.41, 5.74) is 0.00622. The standard InChI is InChI=1S/C24H26Cl2F3NO3/c1-3-17(23(10-11-23)22(32)33)15-6-9-18(26)19(12-15)30-21(31)20(13(2)24(27,28)29)14-4-7-16(25)8-5-14/h4,6-9,12-14,17,20H,3,5,10-11H2,1-2H3,(H,30,31)(H,32,33)/t13-,14?,17?,20+/m1/s1. The highest BCUT2D eigenvalue weighted by molar-refractivity contribution is 6.33. The summed E-state index contributed by atoms with van der Waals surface area (Å²) in [5, 5.41) is 12.9. The van der Waals surface area contributed by atoms with E-state index in [1.165, 1.54) is 18.2 Å². The fourth-order valence-electron chi connectivity index (χ4n) is 4.74. The topological polar surface area (TPSA) is 66.4 Å². The van der Waals surface area contributed by atoms with Crippen molar-refractivity contribution in [3.63, 3.8) is 0 Å². The van der Waals surface area contributed by atoms with Gasteiger partial charge in [0.2, 0.25) is 5.91 Å². The summed E-state index contributed by atoms with van der Waals surface area (Å²) in [6.45, 7) is 2.88. The number of carbonyl (C=O) groups excluding carboxylic acids is 1. The first kappa shape index (κ1) is 25.6. The highest BCUT2D eigenvalue weighted by atomic mass is 35.5. The number of alkyl halides is 3. The number of hydrogen-bond donors (Lipinski definition) is 2. The Morgan fingerprint density at radius 2 is 1.94 bits per heavy atom. The van der Waals surface area contributed by atoms with Crippen molar-refractivity contribution in [2.75, 3.05) is 5.32 Å². The predicted molar refractivity (Wildman–Crippen MR) is 122 cm³/mol. The maximum absolute atomic E-state index is 13.6. The molecule has 1 aromatic rings. The molecule has 4 nitrogen and oxygen atoms in total. The van der Waals surface area contributed by atoms with Gasteiger partial charge in [-0.1, -0.05) is 55.3 Å². The Morgan fingerprint density at radius 3 is 2.42 bits per heavy atom. The van der Waals surface area contributed by atoms with E-state index >= 15 is 0 Å². The van der Waals surface area contributed by atoms with Gasteiger partial charge in [0, 0.05) is 5.03 Å². The first-order chi connectivity index (χ1) is 15.4. The van der Waals surface area contributed by atoms with Crippen molar-refractivity contribution in [3.05, 3.63) is 52.0 Å². The number of carboxylic acid groups (broad SMARTS) is 1. The fraction of sp³-hybridized carbons (Fsp3) is 0.500. The number of halogens is 5. The van der Waals surface area contributed by atoms with Crippen LogP contribution < -0.4 is 5.32 Å². The first-order valence-corrected chi connectivity index (χ1v) is 11.6. The third-order valence-corrected chi connectivity index (χ3v) is 7.46. The minimum atomic E-state index is -4.57. The smallest absolute Gasteiger partial charge is 0.392 e. The summed E-state index contributed by atoms with van der Waals surface area (Å²) in [6, 6.07) is 4.83. The molecule has 0 aromatic heterocycles. The molecule has 1 saturated carbocycles. The van der Waals surface area contributed by atoms with E-state index in [9.17, 15) is 27.9 Å². The number of nitrogens with one attached hydrogen (secondary N) is 1. The quantitative estimate of drug-likeness (QED) is 0.395. The molecule has 2 unspecified atom stereocenters. The average Bonchev–Trinajstić information content (AvgIpc) is 3.53.